The van der Waals surface area contributed by atoms with E-state index in [9.17, 15) is 14.0 Å². The number of benzene rings is 2. The molecule has 3 aromatic rings. The Morgan fingerprint density at radius 3 is 2.70 bits per heavy atom. The van der Waals surface area contributed by atoms with Gasteiger partial charge in [0.2, 0.25) is 5.43 Å². The number of halogens is 2. The molecule has 1 aromatic heterocycles. The second-order valence-electron chi connectivity index (χ2n) is 7.04. The lowest BCUT2D eigenvalue weighted by Gasteiger charge is -2.16. The van der Waals surface area contributed by atoms with Crippen LogP contribution in [0.25, 0.3) is 10.9 Å². The lowest BCUT2D eigenvalue weighted by molar-refractivity contribution is 0.0938. The van der Waals surface area contributed by atoms with E-state index in [2.05, 4.69) is 28.2 Å². The Hall–Kier alpha value is -2.47. The molecule has 0 saturated heterocycles. The first-order valence-electron chi connectivity index (χ1n) is 8.78. The number of pyridine rings is 1. The highest BCUT2D eigenvalue weighted by Gasteiger charge is 2.25. The van der Waals surface area contributed by atoms with Gasteiger partial charge >= 0.3 is 0 Å². The van der Waals surface area contributed by atoms with E-state index in [-0.39, 0.29) is 28.9 Å². The standard InChI is InChI=1S/C21H18BrFN2O2/c1-11-7-14-8-15(22)9-17-19(14)25(11)10-18(20(17)26)21(27)24-12(2)13-3-5-16(23)6-4-13/h3-6,8-12H,7H2,1-2H3,(H,24,27)/t11-,12-/m0/s1. The molecule has 1 aliphatic rings. The average molecular weight is 429 g/mol. The highest BCUT2D eigenvalue weighted by atomic mass is 79.9. The Morgan fingerprint density at radius 1 is 1.30 bits per heavy atom. The zero-order valence-electron chi connectivity index (χ0n) is 14.9. The van der Waals surface area contributed by atoms with Crippen LogP contribution in [0, 0.1) is 5.82 Å². The molecule has 27 heavy (non-hydrogen) atoms. The van der Waals surface area contributed by atoms with Crippen LogP contribution < -0.4 is 10.7 Å². The number of rotatable bonds is 3. The number of hydrogen-bond donors (Lipinski definition) is 1. The molecule has 4 rings (SSSR count). The van der Waals surface area contributed by atoms with Crippen LogP contribution in [-0.4, -0.2) is 10.5 Å². The maximum absolute atomic E-state index is 13.1. The molecule has 6 heteroatoms. The minimum Gasteiger partial charge on any atom is -0.345 e. The Kier molecular flexibility index (Phi) is 4.38. The lowest BCUT2D eigenvalue weighted by atomic mass is 10.1. The summed E-state index contributed by atoms with van der Waals surface area (Å²) in [5, 5.41) is 3.40. The quantitative estimate of drug-likeness (QED) is 0.666. The molecular formula is C21H18BrFN2O2. The summed E-state index contributed by atoms with van der Waals surface area (Å²) in [4.78, 5) is 25.8. The highest BCUT2D eigenvalue weighted by Crippen LogP contribution is 2.33. The monoisotopic (exact) mass is 428 g/mol. The van der Waals surface area contributed by atoms with Crippen molar-refractivity contribution in [2.75, 3.05) is 0 Å². The molecule has 2 aromatic carbocycles. The maximum Gasteiger partial charge on any atom is 0.257 e. The van der Waals surface area contributed by atoms with E-state index in [0.717, 1.165) is 27.5 Å². The molecule has 0 saturated carbocycles. The van der Waals surface area contributed by atoms with Crippen LogP contribution in [0.5, 0.6) is 0 Å². The smallest absolute Gasteiger partial charge is 0.257 e. The van der Waals surface area contributed by atoms with Gasteiger partial charge in [-0.2, -0.15) is 0 Å². The number of nitrogens with zero attached hydrogens (tertiary/aromatic N) is 1. The second-order valence-corrected chi connectivity index (χ2v) is 7.96. The fourth-order valence-corrected chi connectivity index (χ4v) is 4.24. The molecule has 138 valence electrons. The van der Waals surface area contributed by atoms with Gasteiger partial charge in [-0.15, -0.1) is 0 Å². The van der Waals surface area contributed by atoms with E-state index < -0.39 is 5.91 Å². The molecule has 0 bridgehead atoms. The van der Waals surface area contributed by atoms with Crippen molar-refractivity contribution in [3.8, 4) is 0 Å². The summed E-state index contributed by atoms with van der Waals surface area (Å²) >= 11 is 3.46. The van der Waals surface area contributed by atoms with Crippen molar-refractivity contribution in [2.24, 2.45) is 0 Å². The summed E-state index contributed by atoms with van der Waals surface area (Å²) in [5.74, 6) is -0.758. The van der Waals surface area contributed by atoms with Crippen LogP contribution in [0.1, 0.15) is 47.4 Å². The summed E-state index contributed by atoms with van der Waals surface area (Å²) in [6.45, 7) is 3.88. The molecule has 0 aliphatic carbocycles. The molecule has 0 radical (unpaired) electrons. The molecule has 4 nitrogen and oxygen atoms in total. The average Bonchev–Trinajstić information content (AvgIpc) is 2.93. The second kappa shape index (κ2) is 6.60. The van der Waals surface area contributed by atoms with Crippen molar-refractivity contribution >= 4 is 32.7 Å². The molecule has 2 heterocycles. The number of hydrogen-bond acceptors (Lipinski definition) is 2. The Balaban J connectivity index is 1.74. The predicted molar refractivity (Wildman–Crippen MR) is 107 cm³/mol. The van der Waals surface area contributed by atoms with E-state index in [1.807, 2.05) is 10.6 Å². The minimum atomic E-state index is -0.428. The third-order valence-corrected chi connectivity index (χ3v) is 5.58. The predicted octanol–water partition coefficient (Wildman–Crippen LogP) is 4.51. The Morgan fingerprint density at radius 2 is 2.00 bits per heavy atom. The lowest BCUT2D eigenvalue weighted by Crippen LogP contribution is -2.31. The van der Waals surface area contributed by atoms with Crippen LogP contribution in [0.3, 0.4) is 0 Å². The number of nitrogens with one attached hydrogen (secondary N) is 1. The molecule has 1 N–H and O–H groups in total. The number of aromatic nitrogens is 1. The molecule has 1 amide bonds. The molecular weight excluding hydrogens is 411 g/mol. The Bertz CT molecular complexity index is 1120. The summed E-state index contributed by atoms with van der Waals surface area (Å²) in [7, 11) is 0. The minimum absolute atomic E-state index is 0.120. The van der Waals surface area contributed by atoms with Gasteiger partial charge in [0.25, 0.3) is 5.91 Å². The van der Waals surface area contributed by atoms with Gasteiger partial charge in [-0.25, -0.2) is 4.39 Å². The largest absolute Gasteiger partial charge is 0.345 e. The zero-order chi connectivity index (χ0) is 19.3. The fourth-order valence-electron chi connectivity index (χ4n) is 3.73. The van der Waals surface area contributed by atoms with Gasteiger partial charge in [-0.05, 0) is 55.7 Å². The summed E-state index contributed by atoms with van der Waals surface area (Å²) in [5.41, 5.74) is 2.62. The van der Waals surface area contributed by atoms with Crippen molar-refractivity contribution in [2.45, 2.75) is 32.4 Å². The van der Waals surface area contributed by atoms with Gasteiger partial charge in [-0.1, -0.05) is 28.1 Å². The van der Waals surface area contributed by atoms with Crippen LogP contribution in [-0.2, 0) is 6.42 Å². The topological polar surface area (TPSA) is 51.1 Å². The third-order valence-electron chi connectivity index (χ3n) is 5.12. The molecule has 0 spiro atoms. The fraction of sp³-hybridized carbons (Fsp3) is 0.238. The van der Waals surface area contributed by atoms with E-state index in [1.54, 1.807) is 31.3 Å². The van der Waals surface area contributed by atoms with E-state index in [1.165, 1.54) is 12.1 Å². The van der Waals surface area contributed by atoms with Gasteiger partial charge < -0.3 is 9.88 Å². The van der Waals surface area contributed by atoms with Gasteiger partial charge in [0.1, 0.15) is 11.4 Å². The highest BCUT2D eigenvalue weighted by molar-refractivity contribution is 9.10. The molecule has 1 aliphatic heterocycles. The first kappa shape index (κ1) is 17.9. The van der Waals surface area contributed by atoms with Crippen LogP contribution in [0.4, 0.5) is 4.39 Å². The first-order valence-corrected chi connectivity index (χ1v) is 9.58. The SMILES string of the molecule is C[C@H](NC(=O)c1cn2c3c(cc(Br)cc3c1=O)C[C@@H]2C)c1ccc(F)cc1. The summed E-state index contributed by atoms with van der Waals surface area (Å²) < 4.78 is 15.9. The van der Waals surface area contributed by atoms with Crippen LogP contribution in [0.15, 0.2) is 51.9 Å². The maximum atomic E-state index is 13.1. The van der Waals surface area contributed by atoms with Crippen molar-refractivity contribution in [1.82, 2.24) is 9.88 Å². The summed E-state index contributed by atoms with van der Waals surface area (Å²) in [6.07, 6.45) is 2.49. The Labute approximate surface area is 164 Å². The van der Waals surface area contributed by atoms with Crippen molar-refractivity contribution in [3.05, 3.63) is 79.8 Å². The van der Waals surface area contributed by atoms with Gasteiger partial charge in [-0.3, -0.25) is 9.59 Å². The van der Waals surface area contributed by atoms with E-state index >= 15 is 0 Å². The van der Waals surface area contributed by atoms with Crippen LogP contribution >= 0.6 is 15.9 Å². The third kappa shape index (κ3) is 3.08. The number of carbonyl (C=O) groups is 1. The summed E-state index contributed by atoms with van der Waals surface area (Å²) in [6, 6.07) is 9.58. The van der Waals surface area contributed by atoms with Crippen molar-refractivity contribution in [1.29, 1.82) is 0 Å². The van der Waals surface area contributed by atoms with Crippen molar-refractivity contribution in [3.63, 3.8) is 0 Å². The van der Waals surface area contributed by atoms with Gasteiger partial charge in [0, 0.05) is 22.1 Å². The number of amides is 1. The van der Waals surface area contributed by atoms with Crippen LogP contribution in [0.2, 0.25) is 0 Å². The van der Waals surface area contributed by atoms with E-state index in [4.69, 9.17) is 0 Å². The van der Waals surface area contributed by atoms with Gasteiger partial charge in [0.05, 0.1) is 11.6 Å². The van der Waals surface area contributed by atoms with E-state index in [0.29, 0.717) is 5.39 Å². The van der Waals surface area contributed by atoms with Crippen molar-refractivity contribution < 1.29 is 9.18 Å². The van der Waals surface area contributed by atoms with Gasteiger partial charge in [0.15, 0.2) is 0 Å². The number of carbonyl (C=O) groups excluding carboxylic acids is 1. The molecule has 0 unspecified atom stereocenters. The normalized spacial score (nSPS) is 16.5. The zero-order valence-corrected chi connectivity index (χ0v) is 16.5. The first-order chi connectivity index (χ1) is 12.8. The molecule has 2 atom stereocenters. The molecule has 0 fully saturated rings.